The van der Waals surface area contributed by atoms with Crippen LogP contribution in [0.4, 0.5) is 0 Å². The van der Waals surface area contributed by atoms with Crippen LogP contribution in [0.3, 0.4) is 0 Å². The van der Waals surface area contributed by atoms with Crippen LogP contribution in [0.1, 0.15) is 24.9 Å². The summed E-state index contributed by atoms with van der Waals surface area (Å²) in [6.45, 7) is 4.94. The predicted molar refractivity (Wildman–Crippen MR) is 74.7 cm³/mol. The maximum absolute atomic E-state index is 5.95. The normalized spacial score (nSPS) is 18.3. The van der Waals surface area contributed by atoms with Crippen LogP contribution >= 0.6 is 0 Å². The molecule has 0 aromatic heterocycles. The van der Waals surface area contributed by atoms with Gasteiger partial charge in [-0.2, -0.15) is 0 Å². The van der Waals surface area contributed by atoms with Crippen molar-refractivity contribution in [3.8, 4) is 5.75 Å². The number of rotatable bonds is 4. The lowest BCUT2D eigenvalue weighted by Gasteiger charge is -2.33. The molecule has 1 unspecified atom stereocenters. The third-order valence-electron chi connectivity index (χ3n) is 3.63. The first-order valence-corrected chi connectivity index (χ1v) is 6.48. The number of benzene rings is 1. The molecule has 1 aromatic rings. The van der Waals surface area contributed by atoms with Crippen molar-refractivity contribution in [1.82, 2.24) is 4.90 Å². The minimum absolute atomic E-state index is 0.306. The van der Waals surface area contributed by atoms with Crippen LogP contribution in [-0.2, 0) is 0 Å². The first kappa shape index (κ1) is 13.1. The Morgan fingerprint density at radius 2 is 2.06 bits per heavy atom. The second-order valence-corrected chi connectivity index (χ2v) is 4.82. The van der Waals surface area contributed by atoms with Crippen LogP contribution in [0.5, 0.6) is 5.75 Å². The summed E-state index contributed by atoms with van der Waals surface area (Å²) in [6.07, 6.45) is 3.45. The maximum Gasteiger partial charge on any atom is 0.118 e. The van der Waals surface area contributed by atoms with Gasteiger partial charge in [-0.25, -0.2) is 0 Å². The van der Waals surface area contributed by atoms with Gasteiger partial charge in [0.05, 0.1) is 7.11 Å². The van der Waals surface area contributed by atoms with E-state index < -0.39 is 0 Å². The molecular formula is C15H22N2O. The minimum atomic E-state index is 0.306. The molecule has 98 valence electrons. The van der Waals surface area contributed by atoms with Gasteiger partial charge in [0.15, 0.2) is 0 Å². The van der Waals surface area contributed by atoms with Gasteiger partial charge in [-0.3, -0.25) is 4.90 Å². The lowest BCUT2D eigenvalue weighted by Crippen LogP contribution is -2.36. The Kier molecular flexibility index (Phi) is 4.39. The Labute approximate surface area is 109 Å². The van der Waals surface area contributed by atoms with Gasteiger partial charge in [0.1, 0.15) is 5.75 Å². The molecule has 0 fully saturated rings. The second kappa shape index (κ2) is 6.03. The van der Waals surface area contributed by atoms with Crippen LogP contribution in [0, 0.1) is 0 Å². The molecule has 1 aliphatic heterocycles. The third-order valence-corrected chi connectivity index (χ3v) is 3.63. The van der Waals surface area contributed by atoms with E-state index in [-0.39, 0.29) is 0 Å². The van der Waals surface area contributed by atoms with E-state index in [9.17, 15) is 0 Å². The van der Waals surface area contributed by atoms with Crippen molar-refractivity contribution in [2.45, 2.75) is 19.4 Å². The highest BCUT2D eigenvalue weighted by Gasteiger charge is 2.20. The summed E-state index contributed by atoms with van der Waals surface area (Å²) in [5.74, 6) is 0.893. The standard InChI is InChI=1S/C15H22N2O/c1-12-7-9-17(10-8-12)15(11-16)13-3-5-14(18-2)6-4-13/h3-7,15H,8-11,16H2,1-2H3. The Morgan fingerprint density at radius 1 is 1.33 bits per heavy atom. The van der Waals surface area contributed by atoms with Crippen molar-refractivity contribution in [2.75, 3.05) is 26.7 Å². The van der Waals surface area contributed by atoms with Gasteiger partial charge in [0.2, 0.25) is 0 Å². The fourth-order valence-corrected chi connectivity index (χ4v) is 2.39. The highest BCUT2D eigenvalue weighted by molar-refractivity contribution is 5.29. The molecule has 1 aliphatic rings. The van der Waals surface area contributed by atoms with E-state index in [2.05, 4.69) is 30.0 Å². The van der Waals surface area contributed by atoms with Gasteiger partial charge in [0.25, 0.3) is 0 Å². The van der Waals surface area contributed by atoms with Gasteiger partial charge in [-0.15, -0.1) is 0 Å². The van der Waals surface area contributed by atoms with Crippen molar-refractivity contribution in [2.24, 2.45) is 5.73 Å². The Balaban J connectivity index is 2.12. The van der Waals surface area contributed by atoms with Gasteiger partial charge in [-0.05, 0) is 31.0 Å². The van der Waals surface area contributed by atoms with E-state index in [0.717, 1.165) is 25.3 Å². The molecule has 0 amide bonds. The lowest BCUT2D eigenvalue weighted by molar-refractivity contribution is 0.217. The minimum Gasteiger partial charge on any atom is -0.497 e. The predicted octanol–water partition coefficient (Wildman–Crippen LogP) is 2.35. The molecule has 2 N–H and O–H groups in total. The summed E-state index contributed by atoms with van der Waals surface area (Å²) >= 11 is 0. The number of hydrogen-bond acceptors (Lipinski definition) is 3. The molecule has 18 heavy (non-hydrogen) atoms. The molecule has 3 heteroatoms. The van der Waals surface area contributed by atoms with Gasteiger partial charge in [0, 0.05) is 25.7 Å². The summed E-state index contributed by atoms with van der Waals surface area (Å²) in [5.41, 5.74) is 8.70. The van der Waals surface area contributed by atoms with Crippen molar-refractivity contribution < 1.29 is 4.74 Å². The number of methoxy groups -OCH3 is 1. The summed E-state index contributed by atoms with van der Waals surface area (Å²) in [4.78, 5) is 2.44. The lowest BCUT2D eigenvalue weighted by atomic mass is 10.0. The molecule has 0 saturated heterocycles. The van der Waals surface area contributed by atoms with Crippen molar-refractivity contribution >= 4 is 0 Å². The zero-order chi connectivity index (χ0) is 13.0. The zero-order valence-corrected chi connectivity index (χ0v) is 11.2. The maximum atomic E-state index is 5.95. The van der Waals surface area contributed by atoms with E-state index in [4.69, 9.17) is 10.5 Å². The molecule has 3 nitrogen and oxygen atoms in total. The van der Waals surface area contributed by atoms with Crippen LogP contribution in [0.2, 0.25) is 0 Å². The van der Waals surface area contributed by atoms with Gasteiger partial charge < -0.3 is 10.5 Å². The molecular weight excluding hydrogens is 224 g/mol. The molecule has 0 saturated carbocycles. The molecule has 0 radical (unpaired) electrons. The average Bonchev–Trinajstić information content (AvgIpc) is 2.42. The molecule has 0 bridgehead atoms. The van der Waals surface area contributed by atoms with E-state index >= 15 is 0 Å². The Morgan fingerprint density at radius 3 is 2.56 bits per heavy atom. The number of nitrogens with zero attached hydrogens (tertiary/aromatic N) is 1. The molecule has 0 spiro atoms. The smallest absolute Gasteiger partial charge is 0.118 e. The molecule has 1 atom stereocenters. The average molecular weight is 246 g/mol. The van der Waals surface area contributed by atoms with Crippen LogP contribution in [0.25, 0.3) is 0 Å². The van der Waals surface area contributed by atoms with E-state index in [0.29, 0.717) is 12.6 Å². The number of nitrogens with two attached hydrogens (primary N) is 1. The highest BCUT2D eigenvalue weighted by Crippen LogP contribution is 2.25. The number of ether oxygens (including phenoxy) is 1. The molecule has 1 aromatic carbocycles. The molecule has 0 aliphatic carbocycles. The fraction of sp³-hybridized carbons (Fsp3) is 0.467. The monoisotopic (exact) mass is 246 g/mol. The van der Waals surface area contributed by atoms with Crippen molar-refractivity contribution in [1.29, 1.82) is 0 Å². The van der Waals surface area contributed by atoms with Crippen molar-refractivity contribution in [3.05, 3.63) is 41.5 Å². The Bertz CT molecular complexity index is 411. The van der Waals surface area contributed by atoms with E-state index in [1.54, 1.807) is 7.11 Å². The first-order chi connectivity index (χ1) is 8.74. The fourth-order valence-electron chi connectivity index (χ4n) is 2.39. The van der Waals surface area contributed by atoms with Gasteiger partial charge in [-0.1, -0.05) is 23.8 Å². The quantitative estimate of drug-likeness (QED) is 0.829. The topological polar surface area (TPSA) is 38.5 Å². The van der Waals surface area contributed by atoms with Crippen molar-refractivity contribution in [3.63, 3.8) is 0 Å². The van der Waals surface area contributed by atoms with Crippen LogP contribution < -0.4 is 10.5 Å². The molecule has 2 rings (SSSR count). The summed E-state index contributed by atoms with van der Waals surface area (Å²) in [6, 6.07) is 8.54. The SMILES string of the molecule is COc1ccc(C(CN)N2CC=C(C)CC2)cc1. The Hall–Kier alpha value is -1.32. The molecule has 1 heterocycles. The van der Waals surface area contributed by atoms with E-state index in [1.807, 2.05) is 12.1 Å². The third kappa shape index (κ3) is 2.92. The first-order valence-electron chi connectivity index (χ1n) is 6.48. The van der Waals surface area contributed by atoms with E-state index in [1.165, 1.54) is 11.1 Å². The van der Waals surface area contributed by atoms with Crippen LogP contribution in [0.15, 0.2) is 35.9 Å². The largest absolute Gasteiger partial charge is 0.497 e. The zero-order valence-electron chi connectivity index (χ0n) is 11.2. The summed E-state index contributed by atoms with van der Waals surface area (Å²) in [5, 5.41) is 0. The highest BCUT2D eigenvalue weighted by atomic mass is 16.5. The van der Waals surface area contributed by atoms with Crippen LogP contribution in [-0.4, -0.2) is 31.6 Å². The summed E-state index contributed by atoms with van der Waals surface area (Å²) in [7, 11) is 1.69. The van der Waals surface area contributed by atoms with Gasteiger partial charge >= 0.3 is 0 Å². The second-order valence-electron chi connectivity index (χ2n) is 4.82. The summed E-state index contributed by atoms with van der Waals surface area (Å²) < 4.78 is 5.19. The number of hydrogen-bond donors (Lipinski definition) is 1.